The van der Waals surface area contributed by atoms with Crippen molar-refractivity contribution in [1.29, 1.82) is 5.26 Å². The normalized spacial score (nSPS) is 12.3. The summed E-state index contributed by atoms with van der Waals surface area (Å²) < 4.78 is 0. The SMILES string of the molecule is N#CCC(=O)NCCCNC(=O)CCCN1C(=O)c2ccc([N+](=O)[O-])cc2C1=O. The molecule has 1 aromatic carbocycles. The van der Waals surface area contributed by atoms with E-state index in [1.54, 1.807) is 6.07 Å². The van der Waals surface area contributed by atoms with Crippen molar-refractivity contribution in [2.45, 2.75) is 25.7 Å². The second kappa shape index (κ2) is 9.93. The Morgan fingerprint density at radius 1 is 1.07 bits per heavy atom. The van der Waals surface area contributed by atoms with Crippen LogP contribution in [0.3, 0.4) is 0 Å². The van der Waals surface area contributed by atoms with Gasteiger partial charge in [0.2, 0.25) is 11.8 Å². The van der Waals surface area contributed by atoms with Crippen molar-refractivity contribution in [3.05, 3.63) is 39.4 Å². The van der Waals surface area contributed by atoms with Crippen molar-refractivity contribution in [2.24, 2.45) is 0 Å². The van der Waals surface area contributed by atoms with E-state index in [-0.39, 0.29) is 54.4 Å². The minimum atomic E-state index is -0.639. The number of imide groups is 1. The fourth-order valence-electron chi connectivity index (χ4n) is 2.76. The van der Waals surface area contributed by atoms with Gasteiger partial charge >= 0.3 is 0 Å². The zero-order valence-electron chi connectivity index (χ0n) is 15.5. The summed E-state index contributed by atoms with van der Waals surface area (Å²) in [5.74, 6) is -1.78. The Labute approximate surface area is 165 Å². The Kier molecular flexibility index (Phi) is 7.36. The molecule has 1 heterocycles. The summed E-state index contributed by atoms with van der Waals surface area (Å²) in [7, 11) is 0. The predicted molar refractivity (Wildman–Crippen MR) is 98.6 cm³/mol. The molecule has 0 aliphatic carbocycles. The van der Waals surface area contributed by atoms with Crippen LogP contribution < -0.4 is 10.6 Å². The van der Waals surface area contributed by atoms with Crippen molar-refractivity contribution in [1.82, 2.24) is 15.5 Å². The Bertz CT molecular complexity index is 891. The van der Waals surface area contributed by atoms with Gasteiger partial charge in [0.1, 0.15) is 6.42 Å². The molecule has 2 N–H and O–H groups in total. The first kappa shape index (κ1) is 21.5. The highest BCUT2D eigenvalue weighted by Crippen LogP contribution is 2.26. The number of carbonyl (C=O) groups excluding carboxylic acids is 4. The first-order valence-corrected chi connectivity index (χ1v) is 8.90. The van der Waals surface area contributed by atoms with E-state index in [1.807, 2.05) is 0 Å². The maximum atomic E-state index is 12.3. The minimum Gasteiger partial charge on any atom is -0.356 e. The lowest BCUT2D eigenvalue weighted by Gasteiger charge is -2.13. The van der Waals surface area contributed by atoms with E-state index in [9.17, 15) is 29.3 Å². The number of nitrogens with one attached hydrogen (secondary N) is 2. The van der Waals surface area contributed by atoms with Gasteiger partial charge in [0.15, 0.2) is 0 Å². The number of hydrogen-bond donors (Lipinski definition) is 2. The molecule has 0 aromatic heterocycles. The summed E-state index contributed by atoms with van der Waals surface area (Å²) in [4.78, 5) is 58.7. The number of carbonyl (C=O) groups is 4. The molecule has 0 saturated heterocycles. The topological polar surface area (TPSA) is 163 Å². The molecule has 0 radical (unpaired) electrons. The van der Waals surface area contributed by atoms with Gasteiger partial charge in [-0.1, -0.05) is 0 Å². The third kappa shape index (κ3) is 5.58. The van der Waals surface area contributed by atoms with Crippen LogP contribution in [0.5, 0.6) is 0 Å². The first-order valence-electron chi connectivity index (χ1n) is 8.90. The number of non-ortho nitro benzene ring substituents is 1. The molecule has 0 saturated carbocycles. The first-order chi connectivity index (χ1) is 13.8. The van der Waals surface area contributed by atoms with Crippen molar-refractivity contribution < 1.29 is 24.1 Å². The van der Waals surface area contributed by atoms with Crippen LogP contribution >= 0.6 is 0 Å². The molecule has 29 heavy (non-hydrogen) atoms. The molecular formula is C18H19N5O6. The molecule has 11 nitrogen and oxygen atoms in total. The molecule has 0 unspecified atom stereocenters. The number of amides is 4. The highest BCUT2D eigenvalue weighted by molar-refractivity contribution is 6.21. The second-order valence-corrected chi connectivity index (χ2v) is 6.24. The number of nitriles is 1. The zero-order chi connectivity index (χ0) is 21.4. The molecule has 1 aromatic rings. The molecule has 11 heteroatoms. The number of nitrogens with zero attached hydrogens (tertiary/aromatic N) is 3. The summed E-state index contributed by atoms with van der Waals surface area (Å²) in [6.45, 7) is 0.697. The summed E-state index contributed by atoms with van der Waals surface area (Å²) in [6, 6.07) is 5.24. The third-order valence-electron chi connectivity index (χ3n) is 4.19. The summed E-state index contributed by atoms with van der Waals surface area (Å²) in [5.41, 5.74) is -0.162. The molecule has 4 amide bonds. The van der Waals surface area contributed by atoms with Gasteiger partial charge in [-0.2, -0.15) is 5.26 Å². The van der Waals surface area contributed by atoms with E-state index >= 15 is 0 Å². The Hall–Kier alpha value is -3.81. The molecule has 0 spiro atoms. The van der Waals surface area contributed by atoms with Crippen LogP contribution in [0.1, 0.15) is 46.4 Å². The molecule has 2 rings (SSSR count). The highest BCUT2D eigenvalue weighted by Gasteiger charge is 2.36. The zero-order valence-corrected chi connectivity index (χ0v) is 15.5. The Balaban J connectivity index is 1.72. The number of nitro benzene ring substituents is 1. The van der Waals surface area contributed by atoms with E-state index in [0.717, 1.165) is 11.0 Å². The van der Waals surface area contributed by atoms with Gasteiger partial charge in [-0.15, -0.1) is 0 Å². The molecule has 152 valence electrons. The van der Waals surface area contributed by atoms with Crippen LogP contribution in [0.2, 0.25) is 0 Å². The average molecular weight is 401 g/mol. The molecule has 0 fully saturated rings. The molecule has 0 bridgehead atoms. The van der Waals surface area contributed by atoms with E-state index in [2.05, 4.69) is 10.6 Å². The fourth-order valence-corrected chi connectivity index (χ4v) is 2.76. The van der Waals surface area contributed by atoms with Gasteiger partial charge < -0.3 is 10.6 Å². The quantitative estimate of drug-likeness (QED) is 0.250. The molecule has 1 aliphatic heterocycles. The van der Waals surface area contributed by atoms with Crippen LogP contribution in [-0.2, 0) is 9.59 Å². The van der Waals surface area contributed by atoms with Crippen molar-refractivity contribution in [3.8, 4) is 6.07 Å². The van der Waals surface area contributed by atoms with Crippen LogP contribution in [0, 0.1) is 21.4 Å². The Morgan fingerprint density at radius 2 is 1.72 bits per heavy atom. The van der Waals surface area contributed by atoms with Crippen molar-refractivity contribution in [2.75, 3.05) is 19.6 Å². The predicted octanol–water partition coefficient (Wildman–Crippen LogP) is 0.507. The molecular weight excluding hydrogens is 382 g/mol. The van der Waals surface area contributed by atoms with Gasteiger partial charge in [-0.25, -0.2) is 0 Å². The van der Waals surface area contributed by atoms with E-state index in [1.165, 1.54) is 12.1 Å². The Morgan fingerprint density at radius 3 is 2.38 bits per heavy atom. The summed E-state index contributed by atoms with van der Waals surface area (Å²) in [5, 5.41) is 24.4. The van der Waals surface area contributed by atoms with Gasteiger partial charge in [0.05, 0.1) is 22.1 Å². The van der Waals surface area contributed by atoms with Crippen LogP contribution in [-0.4, -0.2) is 53.1 Å². The number of hydrogen-bond acceptors (Lipinski definition) is 7. The molecule has 1 aliphatic rings. The van der Waals surface area contributed by atoms with Gasteiger partial charge in [-0.05, 0) is 18.9 Å². The maximum absolute atomic E-state index is 12.3. The van der Waals surface area contributed by atoms with Gasteiger partial charge in [0, 0.05) is 38.2 Å². The number of fused-ring (bicyclic) bond motifs is 1. The summed E-state index contributed by atoms with van der Waals surface area (Å²) >= 11 is 0. The molecule has 0 atom stereocenters. The van der Waals surface area contributed by atoms with E-state index in [4.69, 9.17) is 5.26 Å². The van der Waals surface area contributed by atoms with Crippen LogP contribution in [0.4, 0.5) is 5.69 Å². The number of nitro groups is 1. The van der Waals surface area contributed by atoms with Crippen molar-refractivity contribution >= 4 is 29.3 Å². The van der Waals surface area contributed by atoms with Gasteiger partial charge in [0.25, 0.3) is 17.5 Å². The number of rotatable bonds is 10. The third-order valence-corrected chi connectivity index (χ3v) is 4.19. The second-order valence-electron chi connectivity index (χ2n) is 6.24. The standard InChI is InChI=1S/C18H19N5O6/c19-7-6-16(25)21-9-2-8-20-15(24)3-1-10-22-17(26)13-5-4-12(23(28)29)11-14(13)18(22)27/h4-5,11H,1-3,6,8-10H2,(H,20,24)(H,21,25). The lowest BCUT2D eigenvalue weighted by Crippen LogP contribution is -2.32. The smallest absolute Gasteiger partial charge is 0.270 e. The lowest BCUT2D eigenvalue weighted by molar-refractivity contribution is -0.384. The number of benzene rings is 1. The average Bonchev–Trinajstić information content (AvgIpc) is 2.92. The lowest BCUT2D eigenvalue weighted by atomic mass is 10.1. The van der Waals surface area contributed by atoms with Crippen LogP contribution in [0.15, 0.2) is 18.2 Å². The van der Waals surface area contributed by atoms with Gasteiger partial charge in [-0.3, -0.25) is 34.2 Å². The van der Waals surface area contributed by atoms with E-state index in [0.29, 0.717) is 19.5 Å². The monoisotopic (exact) mass is 401 g/mol. The minimum absolute atomic E-state index is 0.00732. The summed E-state index contributed by atoms with van der Waals surface area (Å²) in [6.07, 6.45) is 0.629. The van der Waals surface area contributed by atoms with Crippen molar-refractivity contribution in [3.63, 3.8) is 0 Å². The maximum Gasteiger partial charge on any atom is 0.270 e. The van der Waals surface area contributed by atoms with E-state index < -0.39 is 16.7 Å². The fraction of sp³-hybridized carbons (Fsp3) is 0.389. The largest absolute Gasteiger partial charge is 0.356 e. The van der Waals surface area contributed by atoms with Crippen LogP contribution in [0.25, 0.3) is 0 Å². The highest BCUT2D eigenvalue weighted by atomic mass is 16.6.